The van der Waals surface area contributed by atoms with Gasteiger partial charge in [0, 0.05) is 4.47 Å². The van der Waals surface area contributed by atoms with Gasteiger partial charge in [0.05, 0.1) is 0 Å². The molecule has 4 rings (SSSR count). The summed E-state index contributed by atoms with van der Waals surface area (Å²) < 4.78 is 1.10. The summed E-state index contributed by atoms with van der Waals surface area (Å²) in [5.41, 5.74) is 5.00. The average molecular weight is 359 g/mol. The van der Waals surface area contributed by atoms with Crippen LogP contribution in [0.3, 0.4) is 0 Å². The molecule has 0 fully saturated rings. The fraction of sp³-hybridized carbons (Fsp3) is 0. The van der Waals surface area contributed by atoms with Gasteiger partial charge in [0.15, 0.2) is 0 Å². The minimum absolute atomic E-state index is 1.10. The van der Waals surface area contributed by atoms with Gasteiger partial charge in [-0.3, -0.25) is 0 Å². The van der Waals surface area contributed by atoms with Gasteiger partial charge in [-0.25, -0.2) is 0 Å². The third-order valence-electron chi connectivity index (χ3n) is 4.14. The second-order valence-corrected chi connectivity index (χ2v) is 6.53. The number of rotatable bonds is 2. The van der Waals surface area contributed by atoms with Crippen molar-refractivity contribution >= 4 is 26.7 Å². The molecule has 4 aromatic carbocycles. The van der Waals surface area contributed by atoms with E-state index < -0.39 is 0 Å². The molecular formula is C22H15Br. The van der Waals surface area contributed by atoms with E-state index in [2.05, 4.69) is 107 Å². The quantitative estimate of drug-likeness (QED) is 0.364. The molecule has 0 amide bonds. The standard InChI is InChI=1S/C22H15Br/c23-20-13-11-16(12-14-20)18-7-3-8-19(15-18)22-10-4-6-17-5-1-2-9-21(17)22/h1-15H. The highest BCUT2D eigenvalue weighted by Crippen LogP contribution is 2.31. The Kier molecular flexibility index (Phi) is 3.72. The maximum absolute atomic E-state index is 3.50. The second-order valence-electron chi connectivity index (χ2n) is 5.61. The van der Waals surface area contributed by atoms with Crippen molar-refractivity contribution < 1.29 is 0 Å². The number of halogens is 1. The molecule has 110 valence electrons. The van der Waals surface area contributed by atoms with E-state index in [-0.39, 0.29) is 0 Å². The van der Waals surface area contributed by atoms with Crippen LogP contribution in [-0.4, -0.2) is 0 Å². The zero-order chi connectivity index (χ0) is 15.6. The van der Waals surface area contributed by atoms with Gasteiger partial charge in [-0.05, 0) is 51.2 Å². The lowest BCUT2D eigenvalue weighted by atomic mass is 9.95. The van der Waals surface area contributed by atoms with Gasteiger partial charge in [0.25, 0.3) is 0 Å². The molecule has 0 unspecified atom stereocenters. The van der Waals surface area contributed by atoms with Crippen molar-refractivity contribution in [3.63, 3.8) is 0 Å². The third-order valence-corrected chi connectivity index (χ3v) is 4.67. The number of hydrogen-bond donors (Lipinski definition) is 0. The smallest absolute Gasteiger partial charge is 0.0175 e. The van der Waals surface area contributed by atoms with E-state index in [0.717, 1.165) is 4.47 Å². The number of fused-ring (bicyclic) bond motifs is 1. The zero-order valence-corrected chi connectivity index (χ0v) is 14.1. The maximum Gasteiger partial charge on any atom is 0.0175 e. The van der Waals surface area contributed by atoms with Crippen LogP contribution in [0.2, 0.25) is 0 Å². The first-order chi connectivity index (χ1) is 11.3. The highest BCUT2D eigenvalue weighted by atomic mass is 79.9. The normalized spacial score (nSPS) is 10.8. The molecule has 0 saturated carbocycles. The van der Waals surface area contributed by atoms with Crippen LogP contribution in [0, 0.1) is 0 Å². The predicted molar refractivity (Wildman–Crippen MR) is 103 cm³/mol. The Hall–Kier alpha value is -2.38. The van der Waals surface area contributed by atoms with Crippen LogP contribution >= 0.6 is 15.9 Å². The van der Waals surface area contributed by atoms with Crippen LogP contribution < -0.4 is 0 Å². The monoisotopic (exact) mass is 358 g/mol. The van der Waals surface area contributed by atoms with Crippen LogP contribution in [0.5, 0.6) is 0 Å². The second kappa shape index (κ2) is 6.02. The molecule has 0 aliphatic carbocycles. The molecule has 1 heteroatoms. The van der Waals surface area contributed by atoms with Crippen LogP contribution in [-0.2, 0) is 0 Å². The lowest BCUT2D eigenvalue weighted by Crippen LogP contribution is -1.83. The topological polar surface area (TPSA) is 0 Å². The van der Waals surface area contributed by atoms with Crippen LogP contribution in [0.1, 0.15) is 0 Å². The molecule has 0 nitrogen and oxygen atoms in total. The Morgan fingerprint density at radius 2 is 1.22 bits per heavy atom. The fourth-order valence-electron chi connectivity index (χ4n) is 2.99. The van der Waals surface area contributed by atoms with Crippen LogP contribution in [0.15, 0.2) is 95.5 Å². The zero-order valence-electron chi connectivity index (χ0n) is 12.5. The summed E-state index contributed by atoms with van der Waals surface area (Å²) in [6, 6.07) is 32.2. The Bertz CT molecular complexity index is 963. The molecule has 0 aliphatic rings. The van der Waals surface area contributed by atoms with Crippen LogP contribution in [0.4, 0.5) is 0 Å². The van der Waals surface area contributed by atoms with Crippen LogP contribution in [0.25, 0.3) is 33.0 Å². The fourth-order valence-corrected chi connectivity index (χ4v) is 3.25. The Labute approximate surface area is 144 Å². The summed E-state index contributed by atoms with van der Waals surface area (Å²) in [7, 11) is 0. The van der Waals surface area contributed by atoms with Crippen molar-refractivity contribution in [3.8, 4) is 22.3 Å². The molecule has 0 saturated heterocycles. The average Bonchev–Trinajstić information content (AvgIpc) is 2.62. The summed E-state index contributed by atoms with van der Waals surface area (Å²) in [6.07, 6.45) is 0. The van der Waals surface area contributed by atoms with Crippen molar-refractivity contribution in [3.05, 3.63) is 95.5 Å². The molecule has 0 atom stereocenters. The van der Waals surface area contributed by atoms with Gasteiger partial charge < -0.3 is 0 Å². The summed E-state index contributed by atoms with van der Waals surface area (Å²) in [5, 5.41) is 2.57. The molecule has 0 aliphatic heterocycles. The molecule has 0 N–H and O–H groups in total. The molecule has 23 heavy (non-hydrogen) atoms. The minimum atomic E-state index is 1.10. The van der Waals surface area contributed by atoms with Gasteiger partial charge in [-0.2, -0.15) is 0 Å². The van der Waals surface area contributed by atoms with E-state index in [9.17, 15) is 0 Å². The first kappa shape index (κ1) is 14.2. The lowest BCUT2D eigenvalue weighted by molar-refractivity contribution is 1.58. The molecule has 0 radical (unpaired) electrons. The Morgan fingerprint density at radius 3 is 2.09 bits per heavy atom. The number of benzene rings is 4. The van der Waals surface area contributed by atoms with Crippen molar-refractivity contribution in [2.45, 2.75) is 0 Å². The molecular weight excluding hydrogens is 344 g/mol. The van der Waals surface area contributed by atoms with Gasteiger partial charge >= 0.3 is 0 Å². The first-order valence-corrected chi connectivity index (χ1v) is 8.45. The largest absolute Gasteiger partial charge is 0.0616 e. The van der Waals surface area contributed by atoms with Crippen molar-refractivity contribution in [1.82, 2.24) is 0 Å². The third kappa shape index (κ3) is 2.80. The maximum atomic E-state index is 3.50. The Morgan fingerprint density at radius 1 is 0.522 bits per heavy atom. The predicted octanol–water partition coefficient (Wildman–Crippen LogP) is 6.94. The summed E-state index contributed by atoms with van der Waals surface area (Å²) in [6.45, 7) is 0. The van der Waals surface area contributed by atoms with Gasteiger partial charge in [0.2, 0.25) is 0 Å². The first-order valence-electron chi connectivity index (χ1n) is 7.65. The molecule has 0 bridgehead atoms. The van der Waals surface area contributed by atoms with Crippen molar-refractivity contribution in [1.29, 1.82) is 0 Å². The van der Waals surface area contributed by atoms with E-state index in [0.29, 0.717) is 0 Å². The highest BCUT2D eigenvalue weighted by Gasteiger charge is 2.05. The minimum Gasteiger partial charge on any atom is -0.0616 e. The van der Waals surface area contributed by atoms with E-state index in [1.807, 2.05) is 0 Å². The summed E-state index contributed by atoms with van der Waals surface area (Å²) in [4.78, 5) is 0. The van der Waals surface area contributed by atoms with E-state index in [1.165, 1.54) is 33.0 Å². The van der Waals surface area contributed by atoms with Gasteiger partial charge in [-0.15, -0.1) is 0 Å². The van der Waals surface area contributed by atoms with E-state index in [4.69, 9.17) is 0 Å². The van der Waals surface area contributed by atoms with Gasteiger partial charge in [0.1, 0.15) is 0 Å². The molecule has 0 heterocycles. The SMILES string of the molecule is Brc1ccc(-c2cccc(-c3cccc4ccccc34)c2)cc1. The summed E-state index contributed by atoms with van der Waals surface area (Å²) in [5.74, 6) is 0. The van der Waals surface area contributed by atoms with Crippen molar-refractivity contribution in [2.75, 3.05) is 0 Å². The van der Waals surface area contributed by atoms with Gasteiger partial charge in [-0.1, -0.05) is 88.7 Å². The molecule has 0 aromatic heterocycles. The molecule has 4 aromatic rings. The highest BCUT2D eigenvalue weighted by molar-refractivity contribution is 9.10. The van der Waals surface area contributed by atoms with E-state index >= 15 is 0 Å². The van der Waals surface area contributed by atoms with Crippen molar-refractivity contribution in [2.24, 2.45) is 0 Å². The Balaban J connectivity index is 1.86. The molecule has 0 spiro atoms. The number of hydrogen-bond acceptors (Lipinski definition) is 0. The van der Waals surface area contributed by atoms with E-state index in [1.54, 1.807) is 0 Å². The lowest BCUT2D eigenvalue weighted by Gasteiger charge is -2.09. The summed E-state index contributed by atoms with van der Waals surface area (Å²) >= 11 is 3.50.